The summed E-state index contributed by atoms with van der Waals surface area (Å²) in [6.45, 7) is 1.87. The number of rotatable bonds is 3. The van der Waals surface area contributed by atoms with E-state index in [1.807, 2.05) is 6.92 Å². The smallest absolute Gasteiger partial charge is 0.205 e. The molecule has 2 fully saturated rings. The SMILES string of the molecule is Cc1ccc(S(=O)(=O)N(F)[C@H]2C[C@@H]3CC[C@H]2C3)cc1. The third-order valence-electron chi connectivity index (χ3n) is 4.51. The number of aryl methyl sites for hydroxylation is 1. The largest absolute Gasteiger partial charge is 0.269 e. The molecular formula is C14H18FNO2S. The Labute approximate surface area is 113 Å². The van der Waals surface area contributed by atoms with E-state index in [-0.39, 0.29) is 15.3 Å². The maximum atomic E-state index is 14.4. The van der Waals surface area contributed by atoms with Crippen molar-refractivity contribution in [2.45, 2.75) is 43.5 Å². The van der Waals surface area contributed by atoms with Gasteiger partial charge in [0.2, 0.25) is 0 Å². The molecule has 3 nitrogen and oxygen atoms in total. The monoisotopic (exact) mass is 283 g/mol. The molecule has 0 amide bonds. The fraction of sp³-hybridized carbons (Fsp3) is 0.571. The highest BCUT2D eigenvalue weighted by atomic mass is 32.2. The molecule has 104 valence electrons. The Bertz CT molecular complexity index is 570. The molecule has 0 spiro atoms. The fourth-order valence-corrected chi connectivity index (χ4v) is 4.75. The van der Waals surface area contributed by atoms with Crippen molar-refractivity contribution in [2.75, 3.05) is 0 Å². The molecule has 0 N–H and O–H groups in total. The van der Waals surface area contributed by atoms with Crippen LogP contribution in [-0.2, 0) is 10.0 Å². The summed E-state index contributed by atoms with van der Waals surface area (Å²) >= 11 is 0. The van der Waals surface area contributed by atoms with Gasteiger partial charge in [0.05, 0.1) is 10.9 Å². The van der Waals surface area contributed by atoms with E-state index < -0.39 is 16.1 Å². The molecule has 0 unspecified atom stereocenters. The molecule has 19 heavy (non-hydrogen) atoms. The Hall–Kier alpha value is -0.940. The van der Waals surface area contributed by atoms with Gasteiger partial charge in [-0.05, 0) is 54.7 Å². The van der Waals surface area contributed by atoms with Crippen molar-refractivity contribution in [3.63, 3.8) is 0 Å². The second kappa shape index (κ2) is 4.56. The van der Waals surface area contributed by atoms with Gasteiger partial charge in [0.25, 0.3) is 10.0 Å². The van der Waals surface area contributed by atoms with Crippen LogP contribution in [0.4, 0.5) is 4.48 Å². The normalized spacial score (nSPS) is 30.2. The molecule has 0 aliphatic heterocycles. The van der Waals surface area contributed by atoms with E-state index in [2.05, 4.69) is 0 Å². The van der Waals surface area contributed by atoms with E-state index in [4.69, 9.17) is 0 Å². The van der Waals surface area contributed by atoms with Gasteiger partial charge < -0.3 is 0 Å². The van der Waals surface area contributed by atoms with Crippen molar-refractivity contribution in [1.29, 1.82) is 0 Å². The van der Waals surface area contributed by atoms with E-state index in [1.165, 1.54) is 12.1 Å². The number of nitrogens with zero attached hydrogens (tertiary/aromatic N) is 1. The zero-order valence-electron chi connectivity index (χ0n) is 10.9. The number of benzene rings is 1. The predicted octanol–water partition coefficient (Wildman–Crippen LogP) is 3.06. The average molecular weight is 283 g/mol. The molecule has 0 heterocycles. The standard InChI is InChI=1S/C14H18FNO2S/c1-10-2-6-13(7-3-10)19(17,18)16(15)14-9-11-4-5-12(14)8-11/h2-3,6-7,11-12,14H,4-5,8-9H2,1H3/t11-,12+,14+/m1/s1. The highest BCUT2D eigenvalue weighted by Gasteiger charge is 2.46. The molecule has 5 heteroatoms. The molecule has 1 aromatic carbocycles. The van der Waals surface area contributed by atoms with Crippen molar-refractivity contribution in [1.82, 2.24) is 4.53 Å². The number of hydrogen-bond donors (Lipinski definition) is 0. The maximum absolute atomic E-state index is 14.4. The molecule has 2 bridgehead atoms. The van der Waals surface area contributed by atoms with E-state index in [1.54, 1.807) is 12.1 Å². The molecule has 2 aliphatic rings. The van der Waals surface area contributed by atoms with Crippen molar-refractivity contribution in [2.24, 2.45) is 11.8 Å². The average Bonchev–Trinajstić information content (AvgIpc) is 3.00. The summed E-state index contributed by atoms with van der Waals surface area (Å²) in [5, 5.41) is 0. The lowest BCUT2D eigenvalue weighted by molar-refractivity contribution is 0.0540. The molecule has 3 atom stereocenters. The first-order valence-electron chi connectivity index (χ1n) is 6.75. The van der Waals surface area contributed by atoms with E-state index in [9.17, 15) is 12.9 Å². The predicted molar refractivity (Wildman–Crippen MR) is 70.5 cm³/mol. The van der Waals surface area contributed by atoms with Crippen LogP contribution in [0.15, 0.2) is 29.2 Å². The highest BCUT2D eigenvalue weighted by Crippen LogP contribution is 2.47. The zero-order chi connectivity index (χ0) is 13.6. The number of halogens is 1. The molecule has 2 saturated carbocycles. The first-order valence-corrected chi connectivity index (χ1v) is 8.19. The highest BCUT2D eigenvalue weighted by molar-refractivity contribution is 7.89. The van der Waals surface area contributed by atoms with Gasteiger partial charge in [-0.1, -0.05) is 24.1 Å². The lowest BCUT2D eigenvalue weighted by atomic mass is 9.96. The zero-order valence-corrected chi connectivity index (χ0v) is 11.7. The fourth-order valence-electron chi connectivity index (χ4n) is 3.45. The Morgan fingerprint density at radius 3 is 2.37 bits per heavy atom. The summed E-state index contributed by atoms with van der Waals surface area (Å²) in [7, 11) is -3.99. The molecule has 0 aromatic heterocycles. The summed E-state index contributed by atoms with van der Waals surface area (Å²) in [5.74, 6) is 0.719. The molecule has 0 saturated heterocycles. The molecular weight excluding hydrogens is 265 g/mol. The molecule has 0 radical (unpaired) electrons. The Morgan fingerprint density at radius 2 is 1.84 bits per heavy atom. The number of fused-ring (bicyclic) bond motifs is 2. The minimum atomic E-state index is -3.99. The Balaban J connectivity index is 1.86. The number of hydrogen-bond acceptors (Lipinski definition) is 2. The lowest BCUT2D eigenvalue weighted by Gasteiger charge is -2.26. The second-order valence-corrected chi connectivity index (χ2v) is 7.57. The summed E-state index contributed by atoms with van der Waals surface area (Å²) in [4.78, 5) is 0.0448. The first kappa shape index (κ1) is 13.1. The van der Waals surface area contributed by atoms with Crippen LogP contribution < -0.4 is 0 Å². The van der Waals surface area contributed by atoms with E-state index >= 15 is 0 Å². The van der Waals surface area contributed by atoms with Crippen LogP contribution in [0, 0.1) is 18.8 Å². The van der Waals surface area contributed by atoms with Crippen LogP contribution in [0.3, 0.4) is 0 Å². The van der Waals surface area contributed by atoms with Crippen molar-refractivity contribution >= 4 is 10.0 Å². The minimum Gasteiger partial charge on any atom is -0.205 e. The molecule has 2 aliphatic carbocycles. The van der Waals surface area contributed by atoms with Crippen LogP contribution in [0.5, 0.6) is 0 Å². The van der Waals surface area contributed by atoms with Gasteiger partial charge in [-0.15, -0.1) is 4.48 Å². The van der Waals surface area contributed by atoms with Crippen molar-refractivity contribution in [3.05, 3.63) is 29.8 Å². The van der Waals surface area contributed by atoms with Crippen molar-refractivity contribution in [3.8, 4) is 0 Å². The molecule has 3 rings (SSSR count). The molecule has 1 aromatic rings. The van der Waals surface area contributed by atoms with Gasteiger partial charge in [-0.3, -0.25) is 0 Å². The van der Waals surface area contributed by atoms with Crippen LogP contribution in [0.1, 0.15) is 31.2 Å². The summed E-state index contributed by atoms with van der Waals surface area (Å²) in [6.07, 6.45) is 3.74. The van der Waals surface area contributed by atoms with Gasteiger partial charge in [-0.25, -0.2) is 8.42 Å². The lowest BCUT2D eigenvalue weighted by Crippen LogP contribution is -2.37. The van der Waals surface area contributed by atoms with Crippen LogP contribution >= 0.6 is 0 Å². The van der Waals surface area contributed by atoms with Gasteiger partial charge >= 0.3 is 0 Å². The van der Waals surface area contributed by atoms with E-state index in [0.29, 0.717) is 12.3 Å². The first-order chi connectivity index (χ1) is 8.98. The second-order valence-electron chi connectivity index (χ2n) is 5.80. The van der Waals surface area contributed by atoms with Crippen LogP contribution in [0.2, 0.25) is 0 Å². The van der Waals surface area contributed by atoms with Gasteiger partial charge in [0.15, 0.2) is 0 Å². The topological polar surface area (TPSA) is 37.4 Å². The quantitative estimate of drug-likeness (QED) is 0.800. The van der Waals surface area contributed by atoms with Crippen molar-refractivity contribution < 1.29 is 12.9 Å². The van der Waals surface area contributed by atoms with Gasteiger partial charge in [0, 0.05) is 0 Å². The van der Waals surface area contributed by atoms with Crippen LogP contribution in [-0.4, -0.2) is 19.0 Å². The van der Waals surface area contributed by atoms with Gasteiger partial charge in [-0.2, -0.15) is 0 Å². The third kappa shape index (κ3) is 2.19. The summed E-state index contributed by atoms with van der Waals surface area (Å²) in [6, 6.07) is 5.89. The number of sulfonamides is 1. The van der Waals surface area contributed by atoms with E-state index in [0.717, 1.165) is 24.8 Å². The minimum absolute atomic E-state index is 0.0448. The Kier molecular flexibility index (Phi) is 3.14. The third-order valence-corrected chi connectivity index (χ3v) is 6.11. The summed E-state index contributed by atoms with van der Waals surface area (Å²) < 4.78 is 39.0. The maximum Gasteiger partial charge on any atom is 0.269 e. The summed E-state index contributed by atoms with van der Waals surface area (Å²) in [5.41, 5.74) is 0.962. The van der Waals surface area contributed by atoms with Crippen LogP contribution in [0.25, 0.3) is 0 Å². The van der Waals surface area contributed by atoms with Gasteiger partial charge in [0.1, 0.15) is 0 Å². The Morgan fingerprint density at radius 1 is 1.16 bits per heavy atom.